The van der Waals surface area contributed by atoms with E-state index in [0.717, 1.165) is 58.7 Å². The van der Waals surface area contributed by atoms with E-state index in [-0.39, 0.29) is 23.4 Å². The highest BCUT2D eigenvalue weighted by molar-refractivity contribution is 7.92. The van der Waals surface area contributed by atoms with Crippen molar-refractivity contribution in [3.05, 3.63) is 94.0 Å². The van der Waals surface area contributed by atoms with Gasteiger partial charge in [0.05, 0.1) is 10.6 Å². The number of rotatable bonds is 10. The minimum Gasteiger partial charge on any atom is -0.352 e. The Morgan fingerprint density at radius 3 is 2.17 bits per heavy atom. The Bertz CT molecular complexity index is 1500. The summed E-state index contributed by atoms with van der Waals surface area (Å²) in [6.07, 6.45) is 5.12. The van der Waals surface area contributed by atoms with Gasteiger partial charge >= 0.3 is 0 Å². The number of nitrogens with zero attached hydrogens (tertiary/aromatic N) is 2. The zero-order valence-corrected chi connectivity index (χ0v) is 26.3. The van der Waals surface area contributed by atoms with Crippen molar-refractivity contribution >= 4 is 39.1 Å². The second kappa shape index (κ2) is 13.7. The molecule has 42 heavy (non-hydrogen) atoms. The van der Waals surface area contributed by atoms with Crippen molar-refractivity contribution in [3.8, 4) is 0 Å². The molecule has 3 aromatic carbocycles. The standard InChI is InChI=1S/C33H40ClN3O4S/c1-23-10-18-31(19-11-23)42(40,41)37(30-17-12-24(2)25(3)20-30)22-32(38)36(21-27-13-15-28(34)16-14-27)26(4)33(39)35-29-8-6-5-7-9-29/h10-20,26,29H,5-9,21-22H2,1-4H3,(H,35,39)/t26-/m1/s1. The molecule has 0 spiro atoms. The molecule has 2 amide bonds. The van der Waals surface area contributed by atoms with Gasteiger partial charge in [0.1, 0.15) is 12.6 Å². The summed E-state index contributed by atoms with van der Waals surface area (Å²) in [6.45, 7) is 7.09. The van der Waals surface area contributed by atoms with Crippen LogP contribution in [-0.2, 0) is 26.2 Å². The molecule has 1 atom stereocenters. The maximum absolute atomic E-state index is 14.1. The molecule has 0 radical (unpaired) electrons. The summed E-state index contributed by atoms with van der Waals surface area (Å²) < 4.78 is 29.2. The summed E-state index contributed by atoms with van der Waals surface area (Å²) in [7, 11) is -4.11. The molecule has 0 unspecified atom stereocenters. The van der Waals surface area contributed by atoms with Gasteiger partial charge < -0.3 is 10.2 Å². The van der Waals surface area contributed by atoms with E-state index >= 15 is 0 Å². The number of amides is 2. The van der Waals surface area contributed by atoms with Crippen LogP contribution in [0.5, 0.6) is 0 Å². The first-order valence-electron chi connectivity index (χ1n) is 14.5. The van der Waals surface area contributed by atoms with Crippen LogP contribution in [0.3, 0.4) is 0 Å². The highest BCUT2D eigenvalue weighted by Crippen LogP contribution is 2.27. The van der Waals surface area contributed by atoms with Crippen LogP contribution in [-0.4, -0.2) is 43.8 Å². The Kier molecular flexibility index (Phi) is 10.3. The Morgan fingerprint density at radius 1 is 0.905 bits per heavy atom. The van der Waals surface area contributed by atoms with Crippen molar-refractivity contribution in [2.75, 3.05) is 10.8 Å². The van der Waals surface area contributed by atoms with Gasteiger partial charge in [0.25, 0.3) is 10.0 Å². The Hall–Kier alpha value is -3.36. The van der Waals surface area contributed by atoms with Crippen LogP contribution in [0, 0.1) is 20.8 Å². The Balaban J connectivity index is 1.69. The largest absolute Gasteiger partial charge is 0.352 e. The van der Waals surface area contributed by atoms with Crippen LogP contribution in [0.2, 0.25) is 5.02 Å². The predicted molar refractivity (Wildman–Crippen MR) is 168 cm³/mol. The fraction of sp³-hybridized carbons (Fsp3) is 0.394. The number of sulfonamides is 1. The molecule has 4 rings (SSSR count). The van der Waals surface area contributed by atoms with Crippen molar-refractivity contribution in [2.45, 2.75) is 83.3 Å². The monoisotopic (exact) mass is 609 g/mol. The molecule has 3 aromatic rings. The van der Waals surface area contributed by atoms with Crippen molar-refractivity contribution in [1.82, 2.24) is 10.2 Å². The first-order valence-corrected chi connectivity index (χ1v) is 16.3. The summed E-state index contributed by atoms with van der Waals surface area (Å²) >= 11 is 6.09. The maximum atomic E-state index is 14.1. The molecule has 1 aliphatic rings. The summed E-state index contributed by atoms with van der Waals surface area (Å²) in [6, 6.07) is 18.2. The molecular formula is C33H40ClN3O4S. The first-order chi connectivity index (χ1) is 20.0. The minimum atomic E-state index is -4.11. The maximum Gasteiger partial charge on any atom is 0.264 e. The van der Waals surface area contributed by atoms with Crippen molar-refractivity contribution in [1.29, 1.82) is 0 Å². The molecule has 0 bridgehead atoms. The number of halogens is 1. The fourth-order valence-corrected chi connectivity index (χ4v) is 6.72. The lowest BCUT2D eigenvalue weighted by Gasteiger charge is -2.33. The summed E-state index contributed by atoms with van der Waals surface area (Å²) in [5.41, 5.74) is 4.01. The van der Waals surface area contributed by atoms with E-state index in [0.29, 0.717) is 10.7 Å². The molecule has 0 heterocycles. The predicted octanol–water partition coefficient (Wildman–Crippen LogP) is 6.33. The number of hydrogen-bond acceptors (Lipinski definition) is 4. The fourth-order valence-electron chi connectivity index (χ4n) is 5.18. The lowest BCUT2D eigenvalue weighted by atomic mass is 9.95. The number of nitrogens with one attached hydrogen (secondary N) is 1. The van der Waals surface area contributed by atoms with Crippen LogP contribution >= 0.6 is 11.6 Å². The van der Waals surface area contributed by atoms with Crippen LogP contribution in [0.1, 0.15) is 61.3 Å². The second-order valence-corrected chi connectivity index (χ2v) is 13.6. The lowest BCUT2D eigenvalue weighted by molar-refractivity contribution is -0.139. The average molecular weight is 610 g/mol. The van der Waals surface area contributed by atoms with Gasteiger partial charge in [-0.15, -0.1) is 0 Å². The Labute approximate surface area is 254 Å². The third-order valence-electron chi connectivity index (χ3n) is 8.05. The number of aryl methyl sites for hydroxylation is 3. The van der Waals surface area contributed by atoms with Crippen LogP contribution in [0.4, 0.5) is 5.69 Å². The number of anilines is 1. The molecule has 1 saturated carbocycles. The van der Waals surface area contributed by atoms with E-state index < -0.39 is 28.5 Å². The minimum absolute atomic E-state index is 0.0788. The van der Waals surface area contributed by atoms with Gasteiger partial charge in [-0.1, -0.05) is 66.8 Å². The van der Waals surface area contributed by atoms with Crippen molar-refractivity contribution in [3.63, 3.8) is 0 Å². The second-order valence-electron chi connectivity index (χ2n) is 11.3. The lowest BCUT2D eigenvalue weighted by Crippen LogP contribution is -2.53. The summed E-state index contributed by atoms with van der Waals surface area (Å²) in [5, 5.41) is 3.68. The SMILES string of the molecule is Cc1ccc(S(=O)(=O)N(CC(=O)N(Cc2ccc(Cl)cc2)[C@H](C)C(=O)NC2CCCCC2)c2ccc(C)c(C)c2)cc1. The normalized spacial score (nSPS) is 14.7. The van der Waals surface area contributed by atoms with E-state index in [1.807, 2.05) is 26.8 Å². The molecule has 9 heteroatoms. The van der Waals surface area contributed by atoms with Gasteiger partial charge in [0, 0.05) is 17.6 Å². The van der Waals surface area contributed by atoms with E-state index in [9.17, 15) is 18.0 Å². The molecule has 7 nitrogen and oxygen atoms in total. The molecule has 0 aromatic heterocycles. The van der Waals surface area contributed by atoms with Gasteiger partial charge in [-0.2, -0.15) is 0 Å². The quantitative estimate of drug-likeness (QED) is 0.291. The molecule has 1 fully saturated rings. The number of benzene rings is 3. The number of carbonyl (C=O) groups is 2. The first kappa shape index (κ1) is 31.6. The van der Waals surface area contributed by atoms with Crippen molar-refractivity contribution < 1.29 is 18.0 Å². The Morgan fingerprint density at radius 2 is 1.55 bits per heavy atom. The molecular weight excluding hydrogens is 570 g/mol. The molecule has 0 aliphatic heterocycles. The third kappa shape index (κ3) is 7.72. The van der Waals surface area contributed by atoms with Gasteiger partial charge in [0.2, 0.25) is 11.8 Å². The smallest absolute Gasteiger partial charge is 0.264 e. The van der Waals surface area contributed by atoms with Crippen molar-refractivity contribution in [2.24, 2.45) is 0 Å². The molecule has 1 aliphatic carbocycles. The van der Waals surface area contributed by atoms with Gasteiger partial charge in [-0.3, -0.25) is 13.9 Å². The highest BCUT2D eigenvalue weighted by Gasteiger charge is 2.33. The summed E-state index contributed by atoms with van der Waals surface area (Å²) in [5.74, 6) is -0.728. The van der Waals surface area contributed by atoms with E-state index in [1.54, 1.807) is 67.6 Å². The van der Waals surface area contributed by atoms with Crippen LogP contribution in [0.15, 0.2) is 71.6 Å². The van der Waals surface area contributed by atoms with Crippen LogP contribution < -0.4 is 9.62 Å². The van der Waals surface area contributed by atoms with Gasteiger partial charge in [0.15, 0.2) is 0 Å². The van der Waals surface area contributed by atoms with E-state index in [2.05, 4.69) is 5.32 Å². The molecule has 1 N–H and O–H groups in total. The van der Waals surface area contributed by atoms with Crippen LogP contribution in [0.25, 0.3) is 0 Å². The molecule has 0 saturated heterocycles. The van der Waals surface area contributed by atoms with Gasteiger partial charge in [-0.05, 0) is 93.6 Å². The average Bonchev–Trinajstić information content (AvgIpc) is 2.97. The zero-order valence-electron chi connectivity index (χ0n) is 24.8. The summed E-state index contributed by atoms with van der Waals surface area (Å²) in [4.78, 5) is 29.1. The topological polar surface area (TPSA) is 86.8 Å². The van der Waals surface area contributed by atoms with E-state index in [1.165, 1.54) is 4.90 Å². The number of carbonyl (C=O) groups excluding carboxylic acids is 2. The van der Waals surface area contributed by atoms with Gasteiger partial charge in [-0.25, -0.2) is 8.42 Å². The molecule has 224 valence electrons. The highest BCUT2D eigenvalue weighted by atomic mass is 35.5. The number of hydrogen-bond donors (Lipinski definition) is 1. The zero-order chi connectivity index (χ0) is 30.4. The third-order valence-corrected chi connectivity index (χ3v) is 10.1. The van der Waals surface area contributed by atoms with E-state index in [4.69, 9.17) is 11.6 Å².